The third-order valence-corrected chi connectivity index (χ3v) is 27.4. The quantitative estimate of drug-likeness (QED) is 0.225. The third kappa shape index (κ3) is 7.05. The van der Waals surface area contributed by atoms with Crippen molar-refractivity contribution >= 4 is 32.3 Å². The molecule has 0 radical (unpaired) electrons. The SMILES string of the molecule is C[Si](C)(C)C1=CCC([Si](C)(C)C)=[C]1[Ti]([CH2]c1ccccc1)([CH2]c1ccccc1)[C]1=C([Si](C)(C)C)CC=C1[Si](C)(C)C. The number of benzene rings is 2. The zero-order valence-corrected chi connectivity index (χ0v) is 33.8. The predicted octanol–water partition coefficient (Wildman–Crippen LogP) is 11.2. The van der Waals surface area contributed by atoms with E-state index in [2.05, 4.69) is 151 Å². The van der Waals surface area contributed by atoms with Gasteiger partial charge < -0.3 is 0 Å². The molecule has 0 bridgehead atoms. The summed E-state index contributed by atoms with van der Waals surface area (Å²) in [6.07, 6.45) is 7.94. The summed E-state index contributed by atoms with van der Waals surface area (Å²) in [6.45, 7) is 31.6. The molecule has 0 atom stereocenters. The molecule has 41 heavy (non-hydrogen) atoms. The van der Waals surface area contributed by atoms with Crippen LogP contribution in [0.2, 0.25) is 78.6 Å². The van der Waals surface area contributed by atoms with E-state index in [-0.39, 0.29) is 0 Å². The van der Waals surface area contributed by atoms with Crippen molar-refractivity contribution in [2.75, 3.05) is 0 Å². The van der Waals surface area contributed by atoms with Gasteiger partial charge in [0.15, 0.2) is 0 Å². The zero-order chi connectivity index (χ0) is 30.4. The van der Waals surface area contributed by atoms with E-state index < -0.39 is 48.9 Å². The van der Waals surface area contributed by atoms with Crippen molar-refractivity contribution in [1.82, 2.24) is 0 Å². The molecule has 5 heteroatoms. The van der Waals surface area contributed by atoms with Crippen molar-refractivity contribution < 1.29 is 16.6 Å². The Kier molecular flexibility index (Phi) is 9.48. The fraction of sp³-hybridized carbons (Fsp3) is 0.444. The van der Waals surface area contributed by atoms with Crippen molar-refractivity contribution in [3.05, 3.63) is 112 Å². The van der Waals surface area contributed by atoms with Crippen LogP contribution in [-0.2, 0) is 26.0 Å². The van der Waals surface area contributed by atoms with Crippen molar-refractivity contribution in [3.63, 3.8) is 0 Å². The van der Waals surface area contributed by atoms with Crippen LogP contribution >= 0.6 is 0 Å². The molecule has 0 nitrogen and oxygen atoms in total. The van der Waals surface area contributed by atoms with Crippen LogP contribution in [0, 0.1) is 0 Å². The van der Waals surface area contributed by atoms with Crippen molar-refractivity contribution in [3.8, 4) is 0 Å². The van der Waals surface area contributed by atoms with Gasteiger partial charge in [0.2, 0.25) is 0 Å². The topological polar surface area (TPSA) is 0 Å². The zero-order valence-electron chi connectivity index (χ0n) is 28.3. The van der Waals surface area contributed by atoms with Gasteiger partial charge in [0.1, 0.15) is 0 Å². The molecule has 0 heterocycles. The summed E-state index contributed by atoms with van der Waals surface area (Å²) in [5.41, 5.74) is 3.13. The number of rotatable bonds is 10. The van der Waals surface area contributed by atoms with Crippen molar-refractivity contribution in [2.45, 2.75) is 101 Å². The number of hydrogen-bond acceptors (Lipinski definition) is 0. The summed E-state index contributed by atoms with van der Waals surface area (Å²) in [5.74, 6) is 0. The number of hydrogen-bond donors (Lipinski definition) is 0. The Labute approximate surface area is 260 Å². The number of allylic oxidation sites excluding steroid dienone is 8. The molecule has 2 aliphatic carbocycles. The Hall–Kier alpha value is -1.02. The van der Waals surface area contributed by atoms with Crippen LogP contribution in [0.1, 0.15) is 24.0 Å². The van der Waals surface area contributed by atoms with Crippen LogP contribution in [0.3, 0.4) is 0 Å². The summed E-state index contributed by atoms with van der Waals surface area (Å²) >= 11 is -3.14. The Balaban J connectivity index is 2.24. The van der Waals surface area contributed by atoms with E-state index in [4.69, 9.17) is 0 Å². The molecular weight excluding hydrogens is 593 g/mol. The molecule has 0 spiro atoms. The van der Waals surface area contributed by atoms with Gasteiger partial charge in [0.05, 0.1) is 0 Å². The van der Waals surface area contributed by atoms with Crippen LogP contribution in [-0.4, -0.2) is 32.3 Å². The molecule has 4 rings (SSSR count). The van der Waals surface area contributed by atoms with Gasteiger partial charge in [-0.25, -0.2) is 0 Å². The van der Waals surface area contributed by atoms with E-state index in [0.717, 1.165) is 0 Å². The molecule has 0 fully saturated rings. The predicted molar refractivity (Wildman–Crippen MR) is 193 cm³/mol. The second kappa shape index (κ2) is 11.8. The normalized spacial score (nSPS) is 17.4. The molecular formula is C36H56Si4Ti. The van der Waals surface area contributed by atoms with Crippen molar-refractivity contribution in [2.24, 2.45) is 0 Å². The molecule has 220 valence electrons. The van der Waals surface area contributed by atoms with Gasteiger partial charge in [-0.3, -0.25) is 0 Å². The van der Waals surface area contributed by atoms with Gasteiger partial charge in [-0.15, -0.1) is 0 Å². The van der Waals surface area contributed by atoms with E-state index >= 15 is 0 Å². The van der Waals surface area contributed by atoms with Gasteiger partial charge in [-0.1, -0.05) is 0 Å². The molecule has 0 aromatic heterocycles. The minimum atomic E-state index is -3.14. The van der Waals surface area contributed by atoms with Gasteiger partial charge in [0, 0.05) is 0 Å². The van der Waals surface area contributed by atoms with Gasteiger partial charge in [0.25, 0.3) is 0 Å². The Morgan fingerprint density at radius 1 is 0.463 bits per heavy atom. The van der Waals surface area contributed by atoms with Crippen LogP contribution in [0.4, 0.5) is 0 Å². The average Bonchev–Trinajstić information content (AvgIpc) is 3.51. The van der Waals surface area contributed by atoms with E-state index in [0.29, 0.717) is 0 Å². The Morgan fingerprint density at radius 3 is 1.05 bits per heavy atom. The fourth-order valence-electron chi connectivity index (χ4n) is 7.39. The van der Waals surface area contributed by atoms with E-state index in [1.165, 1.54) is 22.3 Å². The average molecular weight is 649 g/mol. The van der Waals surface area contributed by atoms with Crippen LogP contribution in [0.5, 0.6) is 0 Å². The molecule has 0 amide bonds. The van der Waals surface area contributed by atoms with E-state index in [1.54, 1.807) is 11.1 Å². The van der Waals surface area contributed by atoms with Gasteiger partial charge in [-0.05, 0) is 0 Å². The second-order valence-electron chi connectivity index (χ2n) is 16.8. The summed E-state index contributed by atoms with van der Waals surface area (Å²) in [5, 5.41) is 7.49. The van der Waals surface area contributed by atoms with E-state index in [9.17, 15) is 0 Å². The monoisotopic (exact) mass is 648 g/mol. The molecule has 2 aromatic carbocycles. The summed E-state index contributed by atoms with van der Waals surface area (Å²) in [4.78, 5) is 0. The Morgan fingerprint density at radius 2 is 0.780 bits per heavy atom. The van der Waals surface area contributed by atoms with Crippen molar-refractivity contribution in [1.29, 1.82) is 0 Å². The summed E-state index contributed by atoms with van der Waals surface area (Å²) < 4.78 is 6.50. The van der Waals surface area contributed by atoms with Gasteiger partial charge >= 0.3 is 262 Å². The summed E-state index contributed by atoms with van der Waals surface area (Å²) in [6, 6.07) is 23.4. The molecule has 0 aliphatic heterocycles. The third-order valence-electron chi connectivity index (χ3n) is 9.24. The first kappa shape index (κ1) is 32.9. The maximum atomic E-state index is 2.76. The molecule has 0 saturated carbocycles. The first-order valence-corrected chi connectivity index (χ1v) is 33.6. The Bertz CT molecular complexity index is 1270. The van der Waals surface area contributed by atoms with Crippen LogP contribution in [0.25, 0.3) is 0 Å². The fourth-order valence-corrected chi connectivity index (χ4v) is 33.7. The van der Waals surface area contributed by atoms with Crippen LogP contribution < -0.4 is 0 Å². The maximum absolute atomic E-state index is 3.14. The standard InChI is InChI=1S/2C11H21Si2.2C7H7.Ti/c2*1-12(2,3)10-7-8-11(9-10)13(4,5)6;2*1-7-5-3-2-4-6-7;/h2*7H,8H2,1-6H3;2*2-6H,1H2;. The first-order chi connectivity index (χ1) is 18.9. The van der Waals surface area contributed by atoms with Gasteiger partial charge in [-0.2, -0.15) is 0 Å². The van der Waals surface area contributed by atoms with Crippen LogP contribution in [0.15, 0.2) is 101 Å². The second-order valence-corrected chi connectivity index (χ2v) is 43.1. The van der Waals surface area contributed by atoms with E-state index in [1.807, 2.05) is 28.5 Å². The minimum absolute atomic E-state index is 1.21. The molecule has 0 unspecified atom stereocenters. The molecule has 2 aliphatic rings. The molecule has 0 N–H and O–H groups in total. The summed E-state index contributed by atoms with van der Waals surface area (Å²) in [7, 11) is -6.29. The first-order valence-electron chi connectivity index (χ1n) is 15.8. The molecule has 0 saturated heterocycles. The molecule has 2 aromatic rings.